The molecule has 0 spiro atoms. The van der Waals surface area contributed by atoms with Crippen LogP contribution in [0, 0.1) is 0 Å². The van der Waals surface area contributed by atoms with Crippen LogP contribution < -0.4 is 0 Å². The zero-order valence-electron chi connectivity index (χ0n) is 30.1. The summed E-state index contributed by atoms with van der Waals surface area (Å²) in [5, 5.41) is 170. The monoisotopic (exact) mass is 853 g/mol. The highest BCUT2D eigenvalue weighted by atomic mass is 16.8. The molecule has 25 atom stereocenters. The van der Waals surface area contributed by atoms with E-state index in [0.29, 0.717) is 0 Å². The predicted octanol–water partition coefficient (Wildman–Crippen LogP) is -10.6. The molecule has 0 bridgehead atoms. The molecule has 336 valence electrons. The number of aliphatic hydroxyl groups is 16. The van der Waals surface area contributed by atoms with Crippen LogP contribution >= 0.6 is 0 Å². The third-order valence-corrected chi connectivity index (χ3v) is 10.5. The highest BCUT2D eigenvalue weighted by Gasteiger charge is 2.56. The van der Waals surface area contributed by atoms with Gasteiger partial charge in [0.2, 0.25) is 0 Å². The molecule has 11 unspecified atom stereocenters. The van der Waals surface area contributed by atoms with Crippen LogP contribution in [-0.4, -0.2) is 268 Å². The molecule has 5 aliphatic rings. The summed E-state index contributed by atoms with van der Waals surface area (Å²) in [7, 11) is 0. The van der Waals surface area contributed by atoms with E-state index < -0.39 is 187 Å². The third kappa shape index (κ3) is 9.52. The van der Waals surface area contributed by atoms with Gasteiger partial charge in [-0.3, -0.25) is 0 Å². The van der Waals surface area contributed by atoms with Crippen molar-refractivity contribution >= 4 is 0 Å². The Kier molecular flexibility index (Phi) is 16.7. The van der Waals surface area contributed by atoms with Gasteiger partial charge in [-0.1, -0.05) is 5.11 Å². The van der Waals surface area contributed by atoms with Crippen LogP contribution in [-0.2, 0) is 42.6 Å². The number of ether oxygens (including phenoxy) is 9. The van der Waals surface area contributed by atoms with Gasteiger partial charge in [-0.15, -0.1) is 0 Å². The Labute approximate surface area is 326 Å². The quantitative estimate of drug-likeness (QED) is 0.0438. The van der Waals surface area contributed by atoms with Crippen LogP contribution in [0.4, 0.5) is 0 Å². The maximum atomic E-state index is 11.1. The van der Waals surface area contributed by atoms with E-state index in [1.807, 2.05) is 0 Å². The fourth-order valence-corrected chi connectivity index (χ4v) is 7.24. The van der Waals surface area contributed by atoms with E-state index in [1.54, 1.807) is 0 Å². The van der Waals surface area contributed by atoms with Gasteiger partial charge < -0.3 is 124 Å². The van der Waals surface area contributed by atoms with Crippen molar-refractivity contribution in [3.8, 4) is 0 Å². The molecule has 0 aliphatic carbocycles. The maximum absolute atomic E-state index is 11.1. The van der Waals surface area contributed by atoms with Crippen molar-refractivity contribution in [3.05, 3.63) is 10.4 Å². The largest absolute Gasteiger partial charge is 0.394 e. The molecule has 16 N–H and O–H groups in total. The molecule has 0 aromatic carbocycles. The first-order valence-electron chi connectivity index (χ1n) is 18.0. The second-order valence-corrected chi connectivity index (χ2v) is 14.2. The summed E-state index contributed by atoms with van der Waals surface area (Å²) in [6.07, 6.45) is -44.2. The molecule has 28 nitrogen and oxygen atoms in total. The number of aliphatic hydroxyl groups excluding tert-OH is 16. The summed E-state index contributed by atoms with van der Waals surface area (Å²) in [6.45, 7) is -4.54. The molecule has 28 heteroatoms. The van der Waals surface area contributed by atoms with Crippen LogP contribution in [0.1, 0.15) is 0 Å². The fourth-order valence-electron chi connectivity index (χ4n) is 7.24. The lowest BCUT2D eigenvalue weighted by Crippen LogP contribution is -2.68. The Balaban J connectivity index is 1.23. The van der Waals surface area contributed by atoms with Crippen molar-refractivity contribution in [1.29, 1.82) is 0 Å². The summed E-state index contributed by atoms with van der Waals surface area (Å²) in [5.74, 6) is 0. The Morgan fingerprint density at radius 3 is 0.966 bits per heavy atom. The molecule has 5 saturated heterocycles. The van der Waals surface area contributed by atoms with Gasteiger partial charge in [0.1, 0.15) is 104 Å². The van der Waals surface area contributed by atoms with E-state index in [9.17, 15) is 81.7 Å². The van der Waals surface area contributed by atoms with Crippen molar-refractivity contribution < 1.29 is 124 Å². The van der Waals surface area contributed by atoms with Crippen LogP contribution in [0.3, 0.4) is 0 Å². The van der Waals surface area contributed by atoms with Gasteiger partial charge in [0.25, 0.3) is 0 Å². The van der Waals surface area contributed by atoms with Gasteiger partial charge in [-0.05, 0) is 5.53 Å². The van der Waals surface area contributed by atoms with Crippen molar-refractivity contribution in [3.63, 3.8) is 0 Å². The zero-order valence-corrected chi connectivity index (χ0v) is 30.1. The van der Waals surface area contributed by atoms with Gasteiger partial charge in [0, 0.05) is 4.91 Å². The zero-order chi connectivity index (χ0) is 42.7. The first-order valence-corrected chi connectivity index (χ1v) is 18.0. The van der Waals surface area contributed by atoms with Gasteiger partial charge in [-0.2, -0.15) is 0 Å². The molecular weight excluding hydrogens is 802 g/mol. The molecule has 0 aromatic rings. The van der Waals surface area contributed by atoms with Gasteiger partial charge >= 0.3 is 0 Å². The number of hydrogen-bond acceptors (Lipinski definition) is 26. The molecule has 0 amide bonds. The Hall–Kier alpha value is -1.69. The second kappa shape index (κ2) is 20.5. The standard InChI is InChI=1S/C30H51N3O25/c31-33-32-11-6(1-34)51-27(18(45)12(11)39)56-23-8(3-36)53-29(20(47)14(23)41)58-25-10(5-38)54-30(21(48)16(25)43)57-24-9(4-37)52-28(19(46)15(24)42)55-22-7(2-35)50-26(49)17(44)13(22)40/h6-30,34-49H,1-5H2/t6?,7?,8?,9?,10?,11-,12-,13+,14+,15+,16+,17?,18?,19?,20?,21?,22-,23-,24-,25-,26?,27-,28-,29-,30-/m0/s1. The van der Waals surface area contributed by atoms with E-state index in [0.717, 1.165) is 0 Å². The van der Waals surface area contributed by atoms with E-state index in [-0.39, 0.29) is 0 Å². The van der Waals surface area contributed by atoms with Crippen molar-refractivity contribution in [2.75, 3.05) is 33.0 Å². The van der Waals surface area contributed by atoms with E-state index in [1.165, 1.54) is 0 Å². The Bertz CT molecular complexity index is 1330. The van der Waals surface area contributed by atoms with Gasteiger partial charge in [-0.25, -0.2) is 0 Å². The van der Waals surface area contributed by atoms with Gasteiger partial charge in [0.05, 0.1) is 51.3 Å². The smallest absolute Gasteiger partial charge is 0.187 e. The van der Waals surface area contributed by atoms with Crippen molar-refractivity contribution in [1.82, 2.24) is 0 Å². The molecule has 5 heterocycles. The molecule has 58 heavy (non-hydrogen) atoms. The number of hydrogen-bond donors (Lipinski definition) is 16. The number of rotatable bonds is 14. The van der Waals surface area contributed by atoms with E-state index in [2.05, 4.69) is 10.0 Å². The number of nitrogens with zero attached hydrogens (tertiary/aromatic N) is 3. The van der Waals surface area contributed by atoms with E-state index in [4.69, 9.17) is 48.2 Å². The Morgan fingerprint density at radius 2 is 0.655 bits per heavy atom. The molecular formula is C30H51N3O25. The Morgan fingerprint density at radius 1 is 0.379 bits per heavy atom. The lowest BCUT2D eigenvalue weighted by molar-refractivity contribution is -0.392. The average Bonchev–Trinajstić information content (AvgIpc) is 3.22. The molecule has 0 aromatic heterocycles. The summed E-state index contributed by atoms with van der Waals surface area (Å²) in [4.78, 5) is 2.53. The minimum atomic E-state index is -2.13. The lowest BCUT2D eigenvalue weighted by Gasteiger charge is -2.49. The van der Waals surface area contributed by atoms with Gasteiger partial charge in [0.15, 0.2) is 31.5 Å². The van der Waals surface area contributed by atoms with Crippen LogP contribution in [0.25, 0.3) is 10.4 Å². The predicted molar refractivity (Wildman–Crippen MR) is 173 cm³/mol. The first-order chi connectivity index (χ1) is 27.6. The molecule has 5 aliphatic heterocycles. The lowest BCUT2D eigenvalue weighted by atomic mass is 9.95. The van der Waals surface area contributed by atoms with Crippen LogP contribution in [0.2, 0.25) is 0 Å². The van der Waals surface area contributed by atoms with E-state index >= 15 is 0 Å². The van der Waals surface area contributed by atoms with Crippen LogP contribution in [0.15, 0.2) is 5.11 Å². The average molecular weight is 854 g/mol. The SMILES string of the molecule is [N-]=[N+]=N[C@H]1C(CO)O[C@@H](O[C@H]2C(CO)O[C@@H](O[C@H]3C(CO)O[C@@H](O[C@H]4C(CO)O[C@@H](O[C@H]5C(CO)OC(O)C(O)[C@H]5O)C(O)[C@H]4O)C(O)[C@H]3O)C(O)[C@H]2O)C(O)[C@H]1O. The normalized spacial score (nSPS) is 51.6. The third-order valence-electron chi connectivity index (χ3n) is 10.5. The highest BCUT2D eigenvalue weighted by molar-refractivity contribution is 4.99. The van der Waals surface area contributed by atoms with Crippen molar-refractivity contribution in [2.45, 2.75) is 153 Å². The molecule has 0 radical (unpaired) electrons. The minimum absolute atomic E-state index is 0.808. The molecule has 5 fully saturated rings. The summed E-state index contributed by atoms with van der Waals surface area (Å²) in [6, 6.07) is -1.44. The summed E-state index contributed by atoms with van der Waals surface area (Å²) < 4.78 is 49.3. The molecule has 0 saturated carbocycles. The highest BCUT2D eigenvalue weighted by Crippen LogP contribution is 2.35. The second-order valence-electron chi connectivity index (χ2n) is 14.2. The molecule has 5 rings (SSSR count). The summed E-state index contributed by atoms with van der Waals surface area (Å²) >= 11 is 0. The fraction of sp³-hybridized carbons (Fsp3) is 1.00. The maximum Gasteiger partial charge on any atom is 0.187 e. The topological polar surface area (TPSA) is 456 Å². The van der Waals surface area contributed by atoms with Crippen LogP contribution in [0.5, 0.6) is 0 Å². The van der Waals surface area contributed by atoms with Crippen molar-refractivity contribution in [2.24, 2.45) is 5.11 Å². The summed E-state index contributed by atoms with van der Waals surface area (Å²) in [5.41, 5.74) is 8.76. The number of azide groups is 1. The first kappa shape index (κ1) is 47.4. The minimum Gasteiger partial charge on any atom is -0.394 e.